The van der Waals surface area contributed by atoms with Gasteiger partial charge in [0, 0.05) is 40.5 Å². The molecule has 0 aliphatic rings. The lowest BCUT2D eigenvalue weighted by molar-refractivity contribution is 0.121. The monoisotopic (exact) mass is 524 g/mol. The van der Waals surface area contributed by atoms with E-state index >= 15 is 0 Å². The van der Waals surface area contributed by atoms with Gasteiger partial charge < -0.3 is 23.9 Å². The summed E-state index contributed by atoms with van der Waals surface area (Å²) < 4.78 is 16.6. The molecule has 208 valence electrons. The highest BCUT2D eigenvalue weighted by Gasteiger charge is 2.36. The fourth-order valence-corrected chi connectivity index (χ4v) is 6.36. The van der Waals surface area contributed by atoms with Crippen molar-refractivity contribution in [3.8, 4) is 0 Å². The van der Waals surface area contributed by atoms with Crippen molar-refractivity contribution < 1.29 is 13.3 Å². The zero-order valence-electron chi connectivity index (χ0n) is 23.4. The molecular weight excluding hydrogens is 464 g/mol. The van der Waals surface area contributed by atoms with Gasteiger partial charge in [-0.25, -0.2) is 0 Å². The lowest BCUT2D eigenvalue weighted by Gasteiger charge is -2.26. The second-order valence-corrected chi connectivity index (χ2v) is 12.8. The van der Waals surface area contributed by atoms with E-state index in [9.17, 15) is 0 Å². The highest BCUT2D eigenvalue weighted by molar-refractivity contribution is 6.60. The Kier molecular flexibility index (Phi) is 29.9. The van der Waals surface area contributed by atoms with Crippen molar-refractivity contribution in [2.75, 3.05) is 47.5 Å². The minimum Gasteiger partial charge on any atom is -0.377 e. The molecule has 0 spiro atoms. The van der Waals surface area contributed by atoms with Gasteiger partial charge in [-0.3, -0.25) is 0 Å². The summed E-state index contributed by atoms with van der Waals surface area (Å²) in [6.45, 7) is 6.18. The largest absolute Gasteiger partial charge is 0.500 e. The summed E-state index contributed by atoms with van der Waals surface area (Å²) in [5.41, 5.74) is 5.82. The number of nitrogens with two attached hydrogens (primary N) is 1. The number of halogens is 1. The van der Waals surface area contributed by atoms with Crippen molar-refractivity contribution in [2.45, 2.75) is 129 Å². The Morgan fingerprint density at radius 1 is 0.529 bits per heavy atom. The molecule has 0 radical (unpaired) electrons. The molecule has 0 aliphatic heterocycles. The van der Waals surface area contributed by atoms with Crippen LogP contribution in [0.4, 0.5) is 0 Å². The molecule has 0 aromatic rings. The van der Waals surface area contributed by atoms with Gasteiger partial charge in [0.1, 0.15) is 0 Å². The molecule has 7 heteroatoms. The van der Waals surface area contributed by atoms with E-state index in [4.69, 9.17) is 19.0 Å². The van der Waals surface area contributed by atoms with E-state index in [1.54, 1.807) is 21.3 Å². The Hall–Kier alpha value is 0.307. The van der Waals surface area contributed by atoms with E-state index in [1.165, 1.54) is 109 Å². The van der Waals surface area contributed by atoms with Crippen molar-refractivity contribution in [2.24, 2.45) is 5.73 Å². The van der Waals surface area contributed by atoms with Crippen LogP contribution in [0.2, 0.25) is 6.04 Å². The summed E-state index contributed by atoms with van der Waals surface area (Å²) in [6.07, 6.45) is 25.1. The Balaban J connectivity index is 0. The van der Waals surface area contributed by atoms with Gasteiger partial charge in [-0.15, -0.1) is 12.4 Å². The van der Waals surface area contributed by atoms with E-state index in [1.807, 2.05) is 0 Å². The number of hydrogen-bond donors (Lipinski definition) is 1. The van der Waals surface area contributed by atoms with Crippen molar-refractivity contribution in [1.29, 1.82) is 0 Å². The van der Waals surface area contributed by atoms with Crippen molar-refractivity contribution >= 4 is 21.2 Å². The predicted octanol–water partition coefficient (Wildman–Crippen LogP) is 7.59. The average Bonchev–Trinajstić information content (AvgIpc) is 2.84. The Morgan fingerprint density at radius 3 is 1.24 bits per heavy atom. The first-order valence-corrected chi connectivity index (χ1v) is 16.2. The topological polar surface area (TPSA) is 57.0 Å². The fraction of sp³-hybridized carbons (Fsp3) is 1.00. The number of nitrogens with zero attached hydrogens (tertiary/aromatic N) is 1. The van der Waals surface area contributed by atoms with Crippen LogP contribution in [0, 0.1) is 0 Å². The van der Waals surface area contributed by atoms with Gasteiger partial charge in [-0.05, 0) is 25.9 Å². The maximum absolute atomic E-state index is 5.82. The van der Waals surface area contributed by atoms with Crippen LogP contribution in [-0.2, 0) is 13.3 Å². The standard InChI is InChI=1S/C27H60N2O3Si.ClH/c1-5-6-7-8-9-10-11-12-13-14-15-16-17-18-19-20-21-24-29(26-23-28)25-22-27-33(30-2,31-3)32-4;/h5-28H2,1-4H3;1H. The van der Waals surface area contributed by atoms with Gasteiger partial charge >= 0.3 is 8.80 Å². The molecule has 2 N–H and O–H groups in total. The van der Waals surface area contributed by atoms with E-state index in [0.29, 0.717) is 0 Å². The third-order valence-corrected chi connectivity index (χ3v) is 9.75. The zero-order valence-corrected chi connectivity index (χ0v) is 25.2. The second-order valence-electron chi connectivity index (χ2n) is 9.69. The summed E-state index contributed by atoms with van der Waals surface area (Å²) in [5.74, 6) is 0. The van der Waals surface area contributed by atoms with Crippen LogP contribution < -0.4 is 5.73 Å². The van der Waals surface area contributed by atoms with Crippen LogP contribution in [0.1, 0.15) is 122 Å². The lowest BCUT2D eigenvalue weighted by atomic mass is 10.0. The maximum Gasteiger partial charge on any atom is 0.500 e. The molecule has 0 saturated carbocycles. The molecule has 0 aromatic heterocycles. The van der Waals surface area contributed by atoms with E-state index < -0.39 is 8.80 Å². The summed E-state index contributed by atoms with van der Waals surface area (Å²) in [5, 5.41) is 0. The Bertz CT molecular complexity index is 383. The van der Waals surface area contributed by atoms with Gasteiger partial charge in [0.15, 0.2) is 0 Å². The molecule has 34 heavy (non-hydrogen) atoms. The number of unbranched alkanes of at least 4 members (excludes halogenated alkanes) is 16. The molecule has 0 heterocycles. The molecule has 0 bridgehead atoms. The predicted molar refractivity (Wildman–Crippen MR) is 153 cm³/mol. The number of hydrogen-bond acceptors (Lipinski definition) is 5. The van der Waals surface area contributed by atoms with Crippen LogP contribution in [-0.4, -0.2) is 61.2 Å². The molecule has 0 aliphatic carbocycles. The second kappa shape index (κ2) is 27.9. The van der Waals surface area contributed by atoms with Crippen LogP contribution in [0.25, 0.3) is 0 Å². The van der Waals surface area contributed by atoms with Crippen LogP contribution in [0.5, 0.6) is 0 Å². The van der Waals surface area contributed by atoms with Gasteiger partial charge in [-0.1, -0.05) is 110 Å². The van der Waals surface area contributed by atoms with Crippen molar-refractivity contribution in [1.82, 2.24) is 4.90 Å². The fourth-order valence-electron chi connectivity index (χ4n) is 4.65. The first kappa shape index (κ1) is 36.5. The molecule has 0 atom stereocenters. The van der Waals surface area contributed by atoms with Gasteiger partial charge in [0.25, 0.3) is 0 Å². The summed E-state index contributed by atoms with van der Waals surface area (Å²) in [6, 6.07) is 0.858. The Morgan fingerprint density at radius 2 is 0.882 bits per heavy atom. The molecule has 0 rings (SSSR count). The minimum absolute atomic E-state index is 0. The van der Waals surface area contributed by atoms with Gasteiger partial charge in [-0.2, -0.15) is 0 Å². The minimum atomic E-state index is -2.44. The molecule has 5 nitrogen and oxygen atoms in total. The summed E-state index contributed by atoms with van der Waals surface area (Å²) in [4.78, 5) is 2.49. The smallest absolute Gasteiger partial charge is 0.377 e. The molecule has 0 amide bonds. The third kappa shape index (κ3) is 21.6. The molecule has 0 unspecified atom stereocenters. The maximum atomic E-state index is 5.82. The van der Waals surface area contributed by atoms with Crippen LogP contribution in [0.15, 0.2) is 0 Å². The molecule has 0 saturated heterocycles. The quantitative estimate of drug-likeness (QED) is 0.0885. The molecule has 0 aromatic carbocycles. The van der Waals surface area contributed by atoms with E-state index in [-0.39, 0.29) is 12.4 Å². The molecular formula is C27H61ClN2O3Si. The molecule has 0 fully saturated rings. The first-order valence-electron chi connectivity index (χ1n) is 14.3. The highest BCUT2D eigenvalue weighted by Crippen LogP contribution is 2.16. The summed E-state index contributed by atoms with van der Waals surface area (Å²) in [7, 11) is 2.62. The highest BCUT2D eigenvalue weighted by atomic mass is 35.5. The van der Waals surface area contributed by atoms with Crippen LogP contribution in [0.3, 0.4) is 0 Å². The van der Waals surface area contributed by atoms with Gasteiger partial charge in [0.05, 0.1) is 0 Å². The van der Waals surface area contributed by atoms with Crippen molar-refractivity contribution in [3.63, 3.8) is 0 Å². The third-order valence-electron chi connectivity index (χ3n) is 6.91. The normalized spacial score (nSPS) is 11.8. The summed E-state index contributed by atoms with van der Waals surface area (Å²) >= 11 is 0. The van der Waals surface area contributed by atoms with Crippen LogP contribution >= 0.6 is 12.4 Å². The lowest BCUT2D eigenvalue weighted by Crippen LogP contribution is -2.43. The number of rotatable bonds is 27. The average molecular weight is 525 g/mol. The first-order chi connectivity index (χ1) is 16.2. The van der Waals surface area contributed by atoms with Gasteiger partial charge in [0.2, 0.25) is 0 Å². The zero-order chi connectivity index (χ0) is 24.5. The van der Waals surface area contributed by atoms with Crippen molar-refractivity contribution in [3.05, 3.63) is 0 Å². The van der Waals surface area contributed by atoms with E-state index in [2.05, 4.69) is 11.8 Å². The Labute approximate surface area is 221 Å². The SMILES string of the molecule is CCCCCCCCCCCCCCCCCCCN(CCN)CCC[Si](OC)(OC)OC.Cl. The van der Waals surface area contributed by atoms with E-state index in [0.717, 1.165) is 38.6 Å².